The summed E-state index contributed by atoms with van der Waals surface area (Å²) in [5.41, 5.74) is 1.18. The Hall–Kier alpha value is -1.26. The van der Waals surface area contributed by atoms with Gasteiger partial charge in [0.25, 0.3) is 0 Å². The maximum absolute atomic E-state index is 13.2. The molecule has 0 saturated carbocycles. The third-order valence-electron chi connectivity index (χ3n) is 2.67. The highest BCUT2D eigenvalue weighted by atomic mass is 79.9. The molecule has 0 fully saturated rings. The lowest BCUT2D eigenvalue weighted by atomic mass is 10.0. The predicted octanol–water partition coefficient (Wildman–Crippen LogP) is 4.92. The second kappa shape index (κ2) is 5.39. The van der Waals surface area contributed by atoms with E-state index in [0.29, 0.717) is 5.56 Å². The molecule has 0 aliphatic rings. The van der Waals surface area contributed by atoms with Crippen LogP contribution in [-0.2, 0) is 0 Å². The smallest absolute Gasteiger partial charge is 0.194 e. The van der Waals surface area contributed by atoms with Crippen molar-refractivity contribution >= 4 is 33.3 Å². The number of carbonyl (C=O) groups excluding carboxylic acids is 1. The summed E-state index contributed by atoms with van der Waals surface area (Å²) < 4.78 is 27.0. The minimum Gasteiger partial charge on any atom is -0.289 e. The van der Waals surface area contributed by atoms with Crippen molar-refractivity contribution in [3.63, 3.8) is 0 Å². The van der Waals surface area contributed by atoms with Gasteiger partial charge in [-0.05, 0) is 42.8 Å². The molecule has 0 saturated heterocycles. The van der Waals surface area contributed by atoms with Gasteiger partial charge in [-0.25, -0.2) is 8.78 Å². The van der Waals surface area contributed by atoms with Crippen molar-refractivity contribution in [2.45, 2.75) is 6.92 Å². The number of carbonyl (C=O) groups is 1. The summed E-state index contributed by atoms with van der Waals surface area (Å²) >= 11 is 9.10. The predicted molar refractivity (Wildman–Crippen MR) is 73.7 cm³/mol. The van der Waals surface area contributed by atoms with Gasteiger partial charge in [0, 0.05) is 15.6 Å². The third-order valence-corrected chi connectivity index (χ3v) is 3.88. The molecule has 5 heteroatoms. The first-order valence-electron chi connectivity index (χ1n) is 5.35. The zero-order chi connectivity index (χ0) is 14.2. The lowest BCUT2D eigenvalue weighted by Crippen LogP contribution is -2.04. The van der Waals surface area contributed by atoms with Crippen LogP contribution in [0.25, 0.3) is 0 Å². The Bertz CT molecular complexity index is 671. The molecule has 2 aromatic rings. The molecule has 0 bridgehead atoms. The van der Waals surface area contributed by atoms with Gasteiger partial charge in [-0.2, -0.15) is 0 Å². The molecule has 0 aliphatic carbocycles. The summed E-state index contributed by atoms with van der Waals surface area (Å²) in [5.74, 6) is -2.62. The quantitative estimate of drug-likeness (QED) is 0.558. The fourth-order valence-corrected chi connectivity index (χ4v) is 2.12. The Morgan fingerprint density at radius 2 is 1.79 bits per heavy atom. The van der Waals surface area contributed by atoms with Gasteiger partial charge >= 0.3 is 0 Å². The van der Waals surface area contributed by atoms with Crippen LogP contribution < -0.4 is 0 Å². The first-order chi connectivity index (χ1) is 8.90. The molecule has 0 N–H and O–H groups in total. The molecule has 0 atom stereocenters. The van der Waals surface area contributed by atoms with Gasteiger partial charge < -0.3 is 0 Å². The highest BCUT2D eigenvalue weighted by Gasteiger charge is 2.17. The van der Waals surface area contributed by atoms with Crippen LogP contribution in [-0.4, -0.2) is 5.78 Å². The topological polar surface area (TPSA) is 17.1 Å². The van der Waals surface area contributed by atoms with Crippen LogP contribution in [0.2, 0.25) is 5.02 Å². The van der Waals surface area contributed by atoms with Gasteiger partial charge in [0.05, 0.1) is 5.02 Å². The molecule has 0 aromatic heterocycles. The molecule has 19 heavy (non-hydrogen) atoms. The number of aryl methyl sites for hydroxylation is 1. The Morgan fingerprint density at radius 3 is 2.42 bits per heavy atom. The SMILES string of the molecule is Cc1cc(C(=O)c2cc(F)c(F)cc2Cl)ccc1Br. The summed E-state index contributed by atoms with van der Waals surface area (Å²) in [5, 5.41) is -0.107. The van der Waals surface area contributed by atoms with Crippen molar-refractivity contribution in [3.8, 4) is 0 Å². The molecule has 0 amide bonds. The van der Waals surface area contributed by atoms with Crippen molar-refractivity contribution in [1.29, 1.82) is 0 Å². The number of ketones is 1. The molecular formula is C14H8BrClF2O. The number of halogens is 4. The van der Waals surface area contributed by atoms with E-state index in [0.717, 1.165) is 22.2 Å². The van der Waals surface area contributed by atoms with E-state index < -0.39 is 17.4 Å². The van der Waals surface area contributed by atoms with Crippen LogP contribution >= 0.6 is 27.5 Å². The van der Waals surface area contributed by atoms with E-state index in [1.54, 1.807) is 18.2 Å². The summed E-state index contributed by atoms with van der Waals surface area (Å²) in [4.78, 5) is 12.2. The van der Waals surface area contributed by atoms with E-state index in [2.05, 4.69) is 15.9 Å². The lowest BCUT2D eigenvalue weighted by Gasteiger charge is -2.06. The van der Waals surface area contributed by atoms with Gasteiger partial charge in [0.2, 0.25) is 0 Å². The Morgan fingerprint density at radius 1 is 1.16 bits per heavy atom. The van der Waals surface area contributed by atoms with Crippen molar-refractivity contribution < 1.29 is 13.6 Å². The standard InChI is InChI=1S/C14H8BrClF2O/c1-7-4-8(2-3-10(7)15)14(19)9-5-12(17)13(18)6-11(9)16/h2-6H,1H3. The number of hydrogen-bond donors (Lipinski definition) is 0. The zero-order valence-corrected chi connectivity index (χ0v) is 12.1. The maximum atomic E-state index is 13.2. The van der Waals surface area contributed by atoms with Crippen LogP contribution in [0, 0.1) is 18.6 Å². The van der Waals surface area contributed by atoms with Crippen LogP contribution in [0.5, 0.6) is 0 Å². The van der Waals surface area contributed by atoms with E-state index >= 15 is 0 Å². The largest absolute Gasteiger partial charge is 0.289 e. The van der Waals surface area contributed by atoms with Gasteiger partial charge in [-0.3, -0.25) is 4.79 Å². The minimum atomic E-state index is -1.10. The Kier molecular flexibility index (Phi) is 4.02. The van der Waals surface area contributed by atoms with Gasteiger partial charge in [0.15, 0.2) is 17.4 Å². The monoisotopic (exact) mass is 344 g/mol. The van der Waals surface area contributed by atoms with Crippen molar-refractivity contribution in [3.05, 3.63) is 68.2 Å². The fraction of sp³-hybridized carbons (Fsp3) is 0.0714. The molecule has 1 nitrogen and oxygen atoms in total. The molecule has 2 rings (SSSR count). The second-order valence-corrected chi connectivity index (χ2v) is 5.30. The Balaban J connectivity index is 2.49. The first kappa shape index (κ1) is 14.2. The van der Waals surface area contributed by atoms with Crippen LogP contribution in [0.1, 0.15) is 21.5 Å². The van der Waals surface area contributed by atoms with Crippen LogP contribution in [0.3, 0.4) is 0 Å². The number of hydrogen-bond acceptors (Lipinski definition) is 1. The maximum Gasteiger partial charge on any atom is 0.194 e. The second-order valence-electron chi connectivity index (χ2n) is 4.04. The molecule has 0 spiro atoms. The third kappa shape index (κ3) is 2.85. The molecule has 0 unspecified atom stereocenters. The fourth-order valence-electron chi connectivity index (χ4n) is 1.64. The normalized spacial score (nSPS) is 10.6. The number of rotatable bonds is 2. The summed E-state index contributed by atoms with van der Waals surface area (Å²) in [7, 11) is 0. The highest BCUT2D eigenvalue weighted by molar-refractivity contribution is 9.10. The molecular weight excluding hydrogens is 338 g/mol. The summed E-state index contributed by atoms with van der Waals surface area (Å²) in [6.45, 7) is 1.83. The highest BCUT2D eigenvalue weighted by Crippen LogP contribution is 2.24. The molecule has 0 heterocycles. The average molecular weight is 346 g/mol. The van der Waals surface area contributed by atoms with Gasteiger partial charge in [-0.15, -0.1) is 0 Å². The van der Waals surface area contributed by atoms with Crippen LogP contribution in [0.15, 0.2) is 34.8 Å². The van der Waals surface area contributed by atoms with Crippen LogP contribution in [0.4, 0.5) is 8.78 Å². The van der Waals surface area contributed by atoms with Crippen molar-refractivity contribution in [1.82, 2.24) is 0 Å². The van der Waals surface area contributed by atoms with Gasteiger partial charge in [-0.1, -0.05) is 27.5 Å². The molecule has 98 valence electrons. The van der Waals surface area contributed by atoms with E-state index in [-0.39, 0.29) is 10.6 Å². The Labute approximate surface area is 122 Å². The van der Waals surface area contributed by atoms with Crippen molar-refractivity contribution in [2.24, 2.45) is 0 Å². The lowest BCUT2D eigenvalue weighted by molar-refractivity contribution is 0.103. The van der Waals surface area contributed by atoms with Gasteiger partial charge in [0.1, 0.15) is 0 Å². The number of benzene rings is 2. The van der Waals surface area contributed by atoms with E-state index in [1.807, 2.05) is 6.92 Å². The summed E-state index contributed by atoms with van der Waals surface area (Å²) in [6.07, 6.45) is 0. The van der Waals surface area contributed by atoms with E-state index in [9.17, 15) is 13.6 Å². The first-order valence-corrected chi connectivity index (χ1v) is 6.52. The zero-order valence-electron chi connectivity index (χ0n) is 9.81. The molecule has 0 aliphatic heterocycles. The minimum absolute atomic E-state index is 0.0534. The van der Waals surface area contributed by atoms with Crippen molar-refractivity contribution in [2.75, 3.05) is 0 Å². The molecule has 2 aromatic carbocycles. The molecule has 0 radical (unpaired) electrons. The van der Waals surface area contributed by atoms with E-state index in [4.69, 9.17) is 11.6 Å². The summed E-state index contributed by atoms with van der Waals surface area (Å²) in [6, 6.07) is 6.59. The van der Waals surface area contributed by atoms with E-state index in [1.165, 1.54) is 0 Å². The average Bonchev–Trinajstić information content (AvgIpc) is 2.36.